The van der Waals surface area contributed by atoms with Crippen molar-refractivity contribution in [1.82, 2.24) is 4.98 Å². The van der Waals surface area contributed by atoms with Gasteiger partial charge in [0.05, 0.1) is 24.8 Å². The van der Waals surface area contributed by atoms with E-state index in [1.807, 2.05) is 24.8 Å². The second-order valence-corrected chi connectivity index (χ2v) is 3.48. The molecule has 0 amide bonds. The molecular formula is C12H18N4O. The molecule has 5 nitrogen and oxygen atoms in total. The minimum Gasteiger partial charge on any atom is -0.476 e. The largest absolute Gasteiger partial charge is 0.476 e. The van der Waals surface area contributed by atoms with E-state index in [1.54, 1.807) is 6.07 Å². The Bertz CT molecular complexity index is 400. The van der Waals surface area contributed by atoms with Gasteiger partial charge in [-0.3, -0.25) is 0 Å². The molecule has 0 unspecified atom stereocenters. The third kappa shape index (κ3) is 3.52. The van der Waals surface area contributed by atoms with Crippen LogP contribution < -0.4 is 15.4 Å². The SMILES string of the molecule is CCOc1nc(N(CC)CCC#N)ccc1N. The van der Waals surface area contributed by atoms with Crippen molar-refractivity contribution >= 4 is 11.5 Å². The van der Waals surface area contributed by atoms with Crippen molar-refractivity contribution < 1.29 is 4.74 Å². The van der Waals surface area contributed by atoms with Crippen LogP contribution in [-0.2, 0) is 0 Å². The van der Waals surface area contributed by atoms with Gasteiger partial charge < -0.3 is 15.4 Å². The molecule has 1 aromatic heterocycles. The molecule has 1 heterocycles. The third-order valence-electron chi connectivity index (χ3n) is 2.36. The number of anilines is 2. The normalized spacial score (nSPS) is 9.71. The molecule has 0 radical (unpaired) electrons. The van der Waals surface area contributed by atoms with Crippen LogP contribution >= 0.6 is 0 Å². The minimum absolute atomic E-state index is 0.459. The molecule has 0 saturated carbocycles. The van der Waals surface area contributed by atoms with Gasteiger partial charge in [0.25, 0.3) is 0 Å². The topological polar surface area (TPSA) is 75.2 Å². The lowest BCUT2D eigenvalue weighted by molar-refractivity contribution is 0.329. The first-order valence-electron chi connectivity index (χ1n) is 5.74. The van der Waals surface area contributed by atoms with E-state index in [0.717, 1.165) is 12.4 Å². The Morgan fingerprint density at radius 3 is 2.82 bits per heavy atom. The van der Waals surface area contributed by atoms with Crippen molar-refractivity contribution in [2.75, 3.05) is 30.3 Å². The highest BCUT2D eigenvalue weighted by atomic mass is 16.5. The molecule has 0 aliphatic carbocycles. The summed E-state index contributed by atoms with van der Waals surface area (Å²) in [6.45, 7) is 5.90. The van der Waals surface area contributed by atoms with Crippen LogP contribution in [0, 0.1) is 11.3 Å². The summed E-state index contributed by atoms with van der Waals surface area (Å²) in [7, 11) is 0. The van der Waals surface area contributed by atoms with Crippen LogP contribution in [0.2, 0.25) is 0 Å². The Balaban J connectivity index is 2.88. The van der Waals surface area contributed by atoms with Gasteiger partial charge in [-0.2, -0.15) is 10.2 Å². The minimum atomic E-state index is 0.459. The average Bonchev–Trinajstić information content (AvgIpc) is 2.34. The molecule has 0 atom stereocenters. The van der Waals surface area contributed by atoms with Crippen LogP contribution in [0.4, 0.5) is 11.5 Å². The Hall–Kier alpha value is -1.96. The summed E-state index contributed by atoms with van der Waals surface area (Å²) in [6, 6.07) is 5.75. The van der Waals surface area contributed by atoms with E-state index in [2.05, 4.69) is 11.1 Å². The van der Waals surface area contributed by atoms with Crippen molar-refractivity contribution in [3.05, 3.63) is 12.1 Å². The van der Waals surface area contributed by atoms with Gasteiger partial charge in [-0.15, -0.1) is 0 Å². The molecule has 5 heteroatoms. The molecule has 2 N–H and O–H groups in total. The molecule has 0 fully saturated rings. The summed E-state index contributed by atoms with van der Waals surface area (Å²) in [4.78, 5) is 6.37. The lowest BCUT2D eigenvalue weighted by Gasteiger charge is -2.21. The zero-order valence-electron chi connectivity index (χ0n) is 10.3. The fraction of sp³-hybridized carbons (Fsp3) is 0.500. The van der Waals surface area contributed by atoms with Crippen LogP contribution in [0.5, 0.6) is 5.88 Å². The van der Waals surface area contributed by atoms with Crippen molar-refractivity contribution in [1.29, 1.82) is 5.26 Å². The van der Waals surface area contributed by atoms with E-state index >= 15 is 0 Å². The number of nitriles is 1. The van der Waals surface area contributed by atoms with Gasteiger partial charge >= 0.3 is 0 Å². The maximum Gasteiger partial charge on any atom is 0.239 e. The van der Waals surface area contributed by atoms with Gasteiger partial charge in [-0.05, 0) is 26.0 Å². The van der Waals surface area contributed by atoms with Crippen molar-refractivity contribution in [3.8, 4) is 11.9 Å². The molecule has 0 spiro atoms. The van der Waals surface area contributed by atoms with E-state index < -0.39 is 0 Å². The molecule has 1 aromatic rings. The van der Waals surface area contributed by atoms with E-state index in [0.29, 0.717) is 31.1 Å². The number of aromatic nitrogens is 1. The summed E-state index contributed by atoms with van der Waals surface area (Å²) in [5.74, 6) is 1.25. The number of ether oxygens (including phenoxy) is 1. The van der Waals surface area contributed by atoms with E-state index in [-0.39, 0.29) is 0 Å². The quantitative estimate of drug-likeness (QED) is 0.812. The van der Waals surface area contributed by atoms with Crippen LogP contribution in [-0.4, -0.2) is 24.7 Å². The zero-order valence-corrected chi connectivity index (χ0v) is 10.3. The Kier molecular flexibility index (Phi) is 5.08. The Morgan fingerprint density at radius 2 is 2.24 bits per heavy atom. The molecule has 0 aromatic carbocycles. The summed E-state index contributed by atoms with van der Waals surface area (Å²) in [5, 5.41) is 8.60. The van der Waals surface area contributed by atoms with Crippen molar-refractivity contribution in [2.24, 2.45) is 0 Å². The van der Waals surface area contributed by atoms with E-state index in [1.165, 1.54) is 0 Å². The maximum absolute atomic E-state index is 8.60. The molecular weight excluding hydrogens is 216 g/mol. The molecule has 0 aliphatic heterocycles. The smallest absolute Gasteiger partial charge is 0.239 e. The van der Waals surface area contributed by atoms with E-state index in [9.17, 15) is 0 Å². The van der Waals surface area contributed by atoms with Crippen LogP contribution in [0.15, 0.2) is 12.1 Å². The summed E-state index contributed by atoms with van der Waals surface area (Å²) >= 11 is 0. The first-order chi connectivity index (χ1) is 8.22. The first-order valence-corrected chi connectivity index (χ1v) is 5.74. The zero-order chi connectivity index (χ0) is 12.7. The standard InChI is InChI=1S/C12H18N4O/c1-3-16(9-5-8-13)11-7-6-10(14)12(15-11)17-4-2/h6-7H,3-5,9,14H2,1-2H3. The summed E-state index contributed by atoms with van der Waals surface area (Å²) in [6.07, 6.45) is 0.476. The predicted octanol–water partition coefficient (Wildman–Crippen LogP) is 1.80. The van der Waals surface area contributed by atoms with E-state index in [4.69, 9.17) is 15.7 Å². The summed E-state index contributed by atoms with van der Waals surface area (Å²) < 4.78 is 5.35. The number of rotatable bonds is 6. The van der Waals surface area contributed by atoms with Gasteiger partial charge in [-0.1, -0.05) is 0 Å². The second-order valence-electron chi connectivity index (χ2n) is 3.48. The van der Waals surface area contributed by atoms with Gasteiger partial charge in [0.2, 0.25) is 5.88 Å². The molecule has 17 heavy (non-hydrogen) atoms. The van der Waals surface area contributed by atoms with Crippen LogP contribution in [0.3, 0.4) is 0 Å². The highest BCUT2D eigenvalue weighted by Gasteiger charge is 2.09. The lowest BCUT2D eigenvalue weighted by Crippen LogP contribution is -2.24. The summed E-state index contributed by atoms with van der Waals surface area (Å²) in [5.41, 5.74) is 6.29. The fourth-order valence-corrected chi connectivity index (χ4v) is 1.49. The average molecular weight is 234 g/mol. The highest BCUT2D eigenvalue weighted by molar-refractivity contribution is 5.54. The molecule has 0 saturated heterocycles. The number of nitrogens with two attached hydrogens (primary N) is 1. The lowest BCUT2D eigenvalue weighted by atomic mass is 10.3. The highest BCUT2D eigenvalue weighted by Crippen LogP contribution is 2.23. The fourth-order valence-electron chi connectivity index (χ4n) is 1.49. The van der Waals surface area contributed by atoms with Crippen molar-refractivity contribution in [2.45, 2.75) is 20.3 Å². The molecule has 1 rings (SSSR count). The molecule has 0 bridgehead atoms. The number of nitrogen functional groups attached to an aromatic ring is 1. The van der Waals surface area contributed by atoms with Gasteiger partial charge in [0, 0.05) is 13.1 Å². The second kappa shape index (κ2) is 6.59. The molecule has 0 aliphatic rings. The number of hydrogen-bond donors (Lipinski definition) is 1. The number of pyridine rings is 1. The van der Waals surface area contributed by atoms with Gasteiger partial charge in [0.1, 0.15) is 5.82 Å². The first kappa shape index (κ1) is 13.1. The predicted molar refractivity (Wildman–Crippen MR) is 67.9 cm³/mol. The monoisotopic (exact) mass is 234 g/mol. The van der Waals surface area contributed by atoms with Crippen LogP contribution in [0.1, 0.15) is 20.3 Å². The maximum atomic E-state index is 8.60. The Labute approximate surface area is 102 Å². The Morgan fingerprint density at radius 1 is 1.47 bits per heavy atom. The van der Waals surface area contributed by atoms with Crippen molar-refractivity contribution in [3.63, 3.8) is 0 Å². The molecule has 92 valence electrons. The third-order valence-corrected chi connectivity index (χ3v) is 2.36. The van der Waals surface area contributed by atoms with Gasteiger partial charge in [0.15, 0.2) is 0 Å². The number of hydrogen-bond acceptors (Lipinski definition) is 5. The number of nitrogens with zero attached hydrogens (tertiary/aromatic N) is 3. The van der Waals surface area contributed by atoms with Gasteiger partial charge in [-0.25, -0.2) is 0 Å². The van der Waals surface area contributed by atoms with Crippen LogP contribution in [0.25, 0.3) is 0 Å².